The predicted octanol–water partition coefficient (Wildman–Crippen LogP) is 2.68. The lowest BCUT2D eigenvalue weighted by Crippen LogP contribution is -3.27. The Morgan fingerprint density at radius 2 is 1.31 bits per heavy atom. The quantitative estimate of drug-likeness (QED) is 0.588. The van der Waals surface area contributed by atoms with Crippen LogP contribution in [0.1, 0.15) is 11.1 Å². The minimum absolute atomic E-state index is 0.889. The second-order valence-electron chi connectivity index (χ2n) is 7.76. The predicted molar refractivity (Wildman–Crippen MR) is 120 cm³/mol. The second-order valence-corrected chi connectivity index (χ2v) is 8.64. The molecular formula is C25H30N2OS+2. The van der Waals surface area contributed by atoms with Crippen LogP contribution in [0.25, 0.3) is 0 Å². The molecule has 1 aliphatic heterocycles. The number of hydrogen-bond donors (Lipinski definition) is 2. The first-order chi connectivity index (χ1) is 14.3. The van der Waals surface area contributed by atoms with Crippen LogP contribution in [0.2, 0.25) is 0 Å². The lowest BCUT2D eigenvalue weighted by molar-refractivity contribution is -1.02. The van der Waals surface area contributed by atoms with E-state index in [-0.39, 0.29) is 0 Å². The van der Waals surface area contributed by atoms with Crippen molar-refractivity contribution < 1.29 is 14.5 Å². The summed E-state index contributed by atoms with van der Waals surface area (Å²) in [5.74, 6) is 1.81. The number of nitrogens with one attached hydrogen (secondary N) is 2. The monoisotopic (exact) mass is 406 g/mol. The molecule has 0 unspecified atom stereocenters. The third kappa shape index (κ3) is 5.86. The van der Waals surface area contributed by atoms with E-state index in [0.717, 1.165) is 24.6 Å². The van der Waals surface area contributed by atoms with Crippen LogP contribution in [0.4, 0.5) is 0 Å². The molecule has 0 aromatic heterocycles. The SMILES string of the molecule is CSc1ccc(C[NH+]2CC[NH+](Cc3cccc(Oc4ccccc4)c3)CC2)cc1. The molecule has 29 heavy (non-hydrogen) atoms. The topological polar surface area (TPSA) is 18.1 Å². The van der Waals surface area contributed by atoms with Gasteiger partial charge in [0.25, 0.3) is 0 Å². The summed E-state index contributed by atoms with van der Waals surface area (Å²) in [6.07, 6.45) is 2.13. The summed E-state index contributed by atoms with van der Waals surface area (Å²) in [6.45, 7) is 7.13. The van der Waals surface area contributed by atoms with Crippen molar-refractivity contribution in [1.29, 1.82) is 0 Å². The first kappa shape index (κ1) is 20.0. The van der Waals surface area contributed by atoms with Crippen LogP contribution in [0.5, 0.6) is 11.5 Å². The minimum atomic E-state index is 0.889. The smallest absolute Gasteiger partial charge is 0.127 e. The summed E-state index contributed by atoms with van der Waals surface area (Å²) in [5, 5.41) is 0. The Balaban J connectivity index is 1.27. The number of ether oxygens (including phenoxy) is 1. The van der Waals surface area contributed by atoms with Crippen LogP contribution in [0.3, 0.4) is 0 Å². The summed E-state index contributed by atoms with van der Waals surface area (Å²) in [4.78, 5) is 4.71. The van der Waals surface area contributed by atoms with Crippen molar-refractivity contribution in [3.63, 3.8) is 0 Å². The molecule has 3 aromatic carbocycles. The third-order valence-corrected chi connectivity index (χ3v) is 6.35. The van der Waals surface area contributed by atoms with E-state index in [4.69, 9.17) is 4.74 Å². The van der Waals surface area contributed by atoms with Gasteiger partial charge in [-0.05, 0) is 42.7 Å². The number of piperazine rings is 1. The molecule has 0 bridgehead atoms. The van der Waals surface area contributed by atoms with Gasteiger partial charge in [-0.15, -0.1) is 11.8 Å². The van der Waals surface area contributed by atoms with Crippen LogP contribution >= 0.6 is 11.8 Å². The van der Waals surface area contributed by atoms with Crippen LogP contribution in [-0.4, -0.2) is 32.4 Å². The van der Waals surface area contributed by atoms with Gasteiger partial charge in [-0.1, -0.05) is 42.5 Å². The number of quaternary nitrogens is 2. The summed E-state index contributed by atoms with van der Waals surface area (Å²) in [5.41, 5.74) is 2.80. The highest BCUT2D eigenvalue weighted by Gasteiger charge is 2.23. The van der Waals surface area contributed by atoms with E-state index >= 15 is 0 Å². The Labute approximate surface area is 178 Å². The molecule has 1 fully saturated rings. The fourth-order valence-electron chi connectivity index (χ4n) is 3.97. The van der Waals surface area contributed by atoms with E-state index in [0.29, 0.717) is 0 Å². The molecule has 0 amide bonds. The van der Waals surface area contributed by atoms with Crippen LogP contribution < -0.4 is 14.5 Å². The van der Waals surface area contributed by atoms with Gasteiger partial charge in [0.1, 0.15) is 50.8 Å². The lowest BCUT2D eigenvalue weighted by atomic mass is 10.1. The molecule has 1 heterocycles. The summed E-state index contributed by atoms with van der Waals surface area (Å²) in [7, 11) is 0. The van der Waals surface area contributed by atoms with Gasteiger partial charge in [0.2, 0.25) is 0 Å². The van der Waals surface area contributed by atoms with Crippen molar-refractivity contribution in [2.45, 2.75) is 18.0 Å². The molecule has 0 radical (unpaired) electrons. The van der Waals surface area contributed by atoms with Gasteiger partial charge < -0.3 is 14.5 Å². The fraction of sp³-hybridized carbons (Fsp3) is 0.280. The van der Waals surface area contributed by atoms with E-state index in [1.54, 1.807) is 21.6 Å². The maximum absolute atomic E-state index is 5.99. The number of para-hydroxylation sites is 1. The molecule has 0 atom stereocenters. The maximum atomic E-state index is 5.99. The van der Waals surface area contributed by atoms with Crippen LogP contribution in [-0.2, 0) is 13.1 Å². The van der Waals surface area contributed by atoms with Crippen LogP contribution in [0.15, 0.2) is 83.8 Å². The summed E-state index contributed by atoms with van der Waals surface area (Å²) < 4.78 is 5.99. The molecule has 3 nitrogen and oxygen atoms in total. The van der Waals surface area contributed by atoms with Gasteiger partial charge in [0.15, 0.2) is 0 Å². The van der Waals surface area contributed by atoms with Gasteiger partial charge in [0, 0.05) is 16.0 Å². The number of rotatable bonds is 7. The van der Waals surface area contributed by atoms with Gasteiger partial charge in [0.05, 0.1) is 0 Å². The Kier molecular flexibility index (Phi) is 6.88. The van der Waals surface area contributed by atoms with Crippen molar-refractivity contribution in [3.05, 3.63) is 90.0 Å². The zero-order valence-electron chi connectivity index (χ0n) is 17.1. The van der Waals surface area contributed by atoms with Crippen molar-refractivity contribution in [1.82, 2.24) is 0 Å². The average Bonchev–Trinajstić information content (AvgIpc) is 2.77. The summed E-state index contributed by atoms with van der Waals surface area (Å²) >= 11 is 1.81. The molecule has 2 N–H and O–H groups in total. The standard InChI is InChI=1S/C25H28N2OS/c1-29-25-12-10-21(11-13-25)19-26-14-16-27(17-15-26)20-22-6-5-9-24(18-22)28-23-7-3-2-4-8-23/h2-13,18H,14-17,19-20H2,1H3/p+2. The largest absolute Gasteiger partial charge is 0.457 e. The first-order valence-corrected chi connectivity index (χ1v) is 11.6. The maximum Gasteiger partial charge on any atom is 0.127 e. The number of thioether (sulfide) groups is 1. The van der Waals surface area contributed by atoms with Gasteiger partial charge in [-0.2, -0.15) is 0 Å². The minimum Gasteiger partial charge on any atom is -0.457 e. The fourth-order valence-corrected chi connectivity index (χ4v) is 4.38. The van der Waals surface area contributed by atoms with Gasteiger partial charge in [-0.25, -0.2) is 0 Å². The highest BCUT2D eigenvalue weighted by Crippen LogP contribution is 2.21. The molecular weight excluding hydrogens is 376 g/mol. The van der Waals surface area contributed by atoms with Crippen LogP contribution in [0, 0.1) is 0 Å². The van der Waals surface area contributed by atoms with E-state index in [9.17, 15) is 0 Å². The van der Waals surface area contributed by atoms with Gasteiger partial charge in [-0.3, -0.25) is 0 Å². The van der Waals surface area contributed by atoms with E-state index in [2.05, 4.69) is 48.7 Å². The molecule has 0 saturated carbocycles. The first-order valence-electron chi connectivity index (χ1n) is 10.4. The average molecular weight is 407 g/mol. The van der Waals surface area contributed by atoms with Gasteiger partial charge >= 0.3 is 0 Å². The number of hydrogen-bond acceptors (Lipinski definition) is 2. The van der Waals surface area contributed by atoms with Crippen molar-refractivity contribution in [3.8, 4) is 11.5 Å². The second kappa shape index (κ2) is 9.97. The third-order valence-electron chi connectivity index (χ3n) is 5.61. The highest BCUT2D eigenvalue weighted by atomic mass is 32.2. The number of benzene rings is 3. The zero-order valence-corrected chi connectivity index (χ0v) is 17.9. The Morgan fingerprint density at radius 1 is 0.690 bits per heavy atom. The van der Waals surface area contributed by atoms with E-state index < -0.39 is 0 Å². The van der Waals surface area contributed by atoms with Crippen molar-refractivity contribution in [2.75, 3.05) is 32.4 Å². The highest BCUT2D eigenvalue weighted by molar-refractivity contribution is 7.98. The van der Waals surface area contributed by atoms with Crippen molar-refractivity contribution >= 4 is 11.8 Å². The molecule has 4 heteroatoms. The molecule has 3 aromatic rings. The molecule has 1 saturated heterocycles. The zero-order chi connectivity index (χ0) is 19.9. The Morgan fingerprint density at radius 3 is 1.97 bits per heavy atom. The molecule has 0 spiro atoms. The normalized spacial score (nSPS) is 19.1. The molecule has 150 valence electrons. The summed E-state index contributed by atoms with van der Waals surface area (Å²) in [6, 6.07) is 27.6. The lowest BCUT2D eigenvalue weighted by Gasteiger charge is -2.30. The molecule has 0 aliphatic carbocycles. The Bertz CT molecular complexity index is 890. The van der Waals surface area contributed by atoms with Crippen molar-refractivity contribution in [2.24, 2.45) is 0 Å². The molecule has 4 rings (SSSR count). The van der Waals surface area contributed by atoms with E-state index in [1.165, 1.54) is 42.2 Å². The Hall–Kier alpha value is -2.27. The van der Waals surface area contributed by atoms with E-state index in [1.807, 2.05) is 36.4 Å². The molecule has 1 aliphatic rings.